The maximum Gasteiger partial charge on any atom is 0.308 e. The molecule has 0 aromatic carbocycles. The zero-order valence-electron chi connectivity index (χ0n) is 9.47. The zero-order chi connectivity index (χ0) is 11.7. The van der Waals surface area contributed by atoms with Gasteiger partial charge in [-0.1, -0.05) is 26.2 Å². The average Bonchev–Trinajstić information content (AvgIpc) is 2.22. The summed E-state index contributed by atoms with van der Waals surface area (Å²) in [7, 11) is 1.63. The quantitative estimate of drug-likeness (QED) is 0.290. The Labute approximate surface area is 90.8 Å². The highest BCUT2D eigenvalue weighted by molar-refractivity contribution is 5.77. The van der Waals surface area contributed by atoms with Crippen LogP contribution in [0.5, 0.6) is 0 Å². The number of hydrogen-bond acceptors (Lipinski definition) is 2. The third kappa shape index (κ3) is 6.76. The first-order valence-corrected chi connectivity index (χ1v) is 5.34. The van der Waals surface area contributed by atoms with Gasteiger partial charge in [0.25, 0.3) is 0 Å². The van der Waals surface area contributed by atoms with E-state index < -0.39 is 11.9 Å². The molecule has 1 unspecified atom stereocenters. The van der Waals surface area contributed by atoms with Gasteiger partial charge < -0.3 is 15.7 Å². The molecule has 5 heteroatoms. The molecule has 0 aliphatic heterocycles. The number of rotatable bonds is 7. The van der Waals surface area contributed by atoms with E-state index in [2.05, 4.69) is 17.6 Å². The monoisotopic (exact) mass is 215 g/mol. The predicted octanol–water partition coefficient (Wildman–Crippen LogP) is 1.01. The van der Waals surface area contributed by atoms with Gasteiger partial charge in [-0.15, -0.1) is 0 Å². The van der Waals surface area contributed by atoms with Crippen molar-refractivity contribution >= 4 is 11.9 Å². The Morgan fingerprint density at radius 1 is 1.47 bits per heavy atom. The lowest BCUT2D eigenvalue weighted by Crippen LogP contribution is -2.38. The third-order valence-corrected chi connectivity index (χ3v) is 2.28. The minimum atomic E-state index is -0.789. The van der Waals surface area contributed by atoms with E-state index >= 15 is 0 Å². The molecule has 0 amide bonds. The van der Waals surface area contributed by atoms with Crippen molar-refractivity contribution in [3.8, 4) is 0 Å². The average molecular weight is 215 g/mol. The summed E-state index contributed by atoms with van der Waals surface area (Å²) in [6.45, 7) is 2.41. The lowest BCUT2D eigenvalue weighted by atomic mass is 10.0. The summed E-state index contributed by atoms with van der Waals surface area (Å²) in [4.78, 5) is 10.9. The van der Waals surface area contributed by atoms with Crippen LogP contribution in [0.3, 0.4) is 0 Å². The van der Waals surface area contributed by atoms with Crippen molar-refractivity contribution in [3.63, 3.8) is 0 Å². The first-order chi connectivity index (χ1) is 7.11. The van der Waals surface area contributed by atoms with Crippen molar-refractivity contribution in [2.45, 2.75) is 32.6 Å². The van der Waals surface area contributed by atoms with Crippen LogP contribution in [0.1, 0.15) is 32.6 Å². The second kappa shape index (κ2) is 8.08. The van der Waals surface area contributed by atoms with Gasteiger partial charge in [0.2, 0.25) is 0 Å². The number of nitrogens with one attached hydrogen (secondary N) is 3. The second-order valence-electron chi connectivity index (χ2n) is 3.54. The molecule has 0 saturated heterocycles. The van der Waals surface area contributed by atoms with Gasteiger partial charge in [-0.2, -0.15) is 0 Å². The first-order valence-electron chi connectivity index (χ1n) is 5.34. The molecule has 0 radical (unpaired) electrons. The SMILES string of the molecule is CCCCCC(CNC(=N)NC)C(=O)O. The molecule has 0 saturated carbocycles. The van der Waals surface area contributed by atoms with Crippen LogP contribution in [0.25, 0.3) is 0 Å². The standard InChI is InChI=1S/C10H21N3O2/c1-3-4-5-6-8(9(14)15)7-13-10(11)12-2/h8H,3-7H2,1-2H3,(H,14,15)(H3,11,12,13). The Morgan fingerprint density at radius 3 is 2.60 bits per heavy atom. The molecule has 1 atom stereocenters. The molecule has 0 aromatic heterocycles. The number of carboxylic acids is 1. The van der Waals surface area contributed by atoms with Crippen LogP contribution < -0.4 is 10.6 Å². The Balaban J connectivity index is 3.83. The molecular weight excluding hydrogens is 194 g/mol. The maximum absolute atomic E-state index is 10.9. The lowest BCUT2D eigenvalue weighted by Gasteiger charge is -2.14. The van der Waals surface area contributed by atoms with Crippen LogP contribution in [0, 0.1) is 11.3 Å². The fraction of sp³-hybridized carbons (Fsp3) is 0.800. The molecule has 0 aromatic rings. The summed E-state index contributed by atoms with van der Waals surface area (Å²) in [6, 6.07) is 0. The van der Waals surface area contributed by atoms with Gasteiger partial charge in [0.15, 0.2) is 5.96 Å². The number of aliphatic carboxylic acids is 1. The van der Waals surface area contributed by atoms with Gasteiger partial charge in [-0.3, -0.25) is 10.2 Å². The summed E-state index contributed by atoms with van der Waals surface area (Å²) in [6.07, 6.45) is 3.76. The summed E-state index contributed by atoms with van der Waals surface area (Å²) < 4.78 is 0. The van der Waals surface area contributed by atoms with Crippen LogP contribution >= 0.6 is 0 Å². The molecule has 4 N–H and O–H groups in total. The molecule has 0 aliphatic carbocycles. The fourth-order valence-electron chi connectivity index (χ4n) is 1.27. The van der Waals surface area contributed by atoms with E-state index in [4.69, 9.17) is 10.5 Å². The van der Waals surface area contributed by atoms with E-state index in [1.165, 1.54) is 0 Å². The van der Waals surface area contributed by atoms with E-state index in [0.29, 0.717) is 13.0 Å². The van der Waals surface area contributed by atoms with Gasteiger partial charge in [0, 0.05) is 13.6 Å². The molecule has 0 fully saturated rings. The van der Waals surface area contributed by atoms with E-state index in [1.807, 2.05) is 0 Å². The number of carboxylic acid groups (broad SMARTS) is 1. The van der Waals surface area contributed by atoms with Gasteiger partial charge in [0.05, 0.1) is 5.92 Å². The summed E-state index contributed by atoms with van der Waals surface area (Å²) in [5, 5.41) is 21.5. The van der Waals surface area contributed by atoms with Crippen LogP contribution in [-0.4, -0.2) is 30.6 Å². The number of unbranched alkanes of at least 4 members (excludes halogenated alkanes) is 2. The van der Waals surface area contributed by atoms with Crippen molar-refractivity contribution in [2.24, 2.45) is 5.92 Å². The molecule has 0 heterocycles. The zero-order valence-corrected chi connectivity index (χ0v) is 9.47. The van der Waals surface area contributed by atoms with Gasteiger partial charge in [0.1, 0.15) is 0 Å². The van der Waals surface area contributed by atoms with Gasteiger partial charge in [-0.25, -0.2) is 0 Å². The van der Waals surface area contributed by atoms with Crippen LogP contribution in [0.4, 0.5) is 0 Å². The minimum absolute atomic E-state index is 0.164. The van der Waals surface area contributed by atoms with E-state index in [1.54, 1.807) is 7.05 Å². The summed E-state index contributed by atoms with van der Waals surface area (Å²) >= 11 is 0. The maximum atomic E-state index is 10.9. The third-order valence-electron chi connectivity index (χ3n) is 2.28. The molecule has 0 bridgehead atoms. The van der Waals surface area contributed by atoms with Crippen LogP contribution in [0.2, 0.25) is 0 Å². The van der Waals surface area contributed by atoms with Crippen molar-refractivity contribution in [1.29, 1.82) is 5.41 Å². The Bertz CT molecular complexity index is 207. The van der Waals surface area contributed by atoms with E-state index in [0.717, 1.165) is 19.3 Å². The van der Waals surface area contributed by atoms with Crippen molar-refractivity contribution < 1.29 is 9.90 Å². The normalized spacial score (nSPS) is 11.9. The first kappa shape index (κ1) is 13.7. The predicted molar refractivity (Wildman–Crippen MR) is 60.1 cm³/mol. The molecule has 88 valence electrons. The molecule has 0 spiro atoms. The highest BCUT2D eigenvalue weighted by Gasteiger charge is 2.16. The summed E-state index contributed by atoms with van der Waals surface area (Å²) in [5.74, 6) is -1.02. The van der Waals surface area contributed by atoms with Crippen LogP contribution in [0.15, 0.2) is 0 Å². The lowest BCUT2D eigenvalue weighted by molar-refractivity contribution is -0.141. The number of hydrogen-bond donors (Lipinski definition) is 4. The topological polar surface area (TPSA) is 85.2 Å². The molecular formula is C10H21N3O2. The number of carbonyl (C=O) groups is 1. The Hall–Kier alpha value is -1.26. The summed E-state index contributed by atoms with van der Waals surface area (Å²) in [5.41, 5.74) is 0. The van der Waals surface area contributed by atoms with Gasteiger partial charge in [-0.05, 0) is 6.42 Å². The highest BCUT2D eigenvalue weighted by atomic mass is 16.4. The Kier molecular flexibility index (Phi) is 7.40. The molecule has 15 heavy (non-hydrogen) atoms. The number of guanidine groups is 1. The molecule has 0 aliphatic rings. The highest BCUT2D eigenvalue weighted by Crippen LogP contribution is 2.09. The Morgan fingerprint density at radius 2 is 2.13 bits per heavy atom. The van der Waals surface area contributed by atoms with E-state index in [-0.39, 0.29) is 5.96 Å². The second-order valence-corrected chi connectivity index (χ2v) is 3.54. The fourth-order valence-corrected chi connectivity index (χ4v) is 1.27. The van der Waals surface area contributed by atoms with E-state index in [9.17, 15) is 4.79 Å². The van der Waals surface area contributed by atoms with Crippen molar-refractivity contribution in [2.75, 3.05) is 13.6 Å². The van der Waals surface area contributed by atoms with Crippen molar-refractivity contribution in [3.05, 3.63) is 0 Å². The smallest absolute Gasteiger partial charge is 0.308 e. The van der Waals surface area contributed by atoms with Crippen molar-refractivity contribution in [1.82, 2.24) is 10.6 Å². The van der Waals surface area contributed by atoms with Crippen LogP contribution in [-0.2, 0) is 4.79 Å². The largest absolute Gasteiger partial charge is 0.481 e. The minimum Gasteiger partial charge on any atom is -0.481 e. The molecule has 5 nitrogen and oxygen atoms in total. The van der Waals surface area contributed by atoms with Gasteiger partial charge >= 0.3 is 5.97 Å². The molecule has 0 rings (SSSR count).